The molecule has 3 rings (SSSR count). The average Bonchev–Trinajstić information content (AvgIpc) is 2.42. The van der Waals surface area contributed by atoms with E-state index in [2.05, 4.69) is 11.1 Å². The Morgan fingerprint density at radius 3 is 2.83 bits per heavy atom. The fourth-order valence-corrected chi connectivity index (χ4v) is 3.62. The molecule has 3 nitrogen and oxygen atoms in total. The summed E-state index contributed by atoms with van der Waals surface area (Å²) in [6.07, 6.45) is 8.73. The number of aliphatic hydroxyl groups is 1. The molecule has 2 aliphatic carbocycles. The molecule has 3 heteroatoms. The maximum Gasteiger partial charge on any atom is 0.0732 e. The van der Waals surface area contributed by atoms with Gasteiger partial charge in [0.1, 0.15) is 0 Å². The fraction of sp³-hybridized carbons (Fsp3) is 0.667. The third kappa shape index (κ3) is 2.06. The summed E-state index contributed by atoms with van der Waals surface area (Å²) >= 11 is 0. The molecule has 18 heavy (non-hydrogen) atoms. The van der Waals surface area contributed by atoms with Crippen molar-refractivity contribution in [1.82, 2.24) is 4.98 Å². The monoisotopic (exact) mass is 246 g/mol. The van der Waals surface area contributed by atoms with Crippen LogP contribution >= 0.6 is 0 Å². The van der Waals surface area contributed by atoms with Crippen LogP contribution in [0.25, 0.3) is 0 Å². The lowest BCUT2D eigenvalue weighted by atomic mass is 9.68. The number of hydrogen-bond acceptors (Lipinski definition) is 3. The molecule has 0 saturated heterocycles. The maximum atomic E-state index is 11.0. The molecule has 1 aromatic rings. The van der Waals surface area contributed by atoms with E-state index in [1.807, 2.05) is 12.3 Å². The van der Waals surface area contributed by atoms with Crippen molar-refractivity contribution in [3.63, 3.8) is 0 Å². The quantitative estimate of drug-likeness (QED) is 0.798. The number of nitrogens with zero attached hydrogens (tertiary/aromatic N) is 1. The number of aryl methyl sites for hydroxylation is 1. The van der Waals surface area contributed by atoms with Gasteiger partial charge in [-0.1, -0.05) is 6.07 Å². The zero-order chi connectivity index (χ0) is 12.6. The van der Waals surface area contributed by atoms with Crippen molar-refractivity contribution in [2.75, 3.05) is 0 Å². The summed E-state index contributed by atoms with van der Waals surface area (Å²) < 4.78 is 0. The van der Waals surface area contributed by atoms with Crippen LogP contribution in [0.5, 0.6) is 0 Å². The number of pyridine rings is 1. The predicted molar refractivity (Wildman–Crippen MR) is 71.3 cm³/mol. The first kappa shape index (κ1) is 12.1. The van der Waals surface area contributed by atoms with Crippen molar-refractivity contribution in [2.24, 2.45) is 5.73 Å². The van der Waals surface area contributed by atoms with Gasteiger partial charge in [-0.25, -0.2) is 0 Å². The highest BCUT2D eigenvalue weighted by atomic mass is 16.3. The molecule has 0 amide bonds. The molecule has 1 saturated carbocycles. The van der Waals surface area contributed by atoms with E-state index < -0.39 is 5.60 Å². The standard InChI is InChI=1S/C15H22N2O/c16-12-6-8-15(18,9-7-12)13-5-1-3-11-4-2-10-17-14(11)13/h2,4,10,12-13,18H,1,3,5-9,16H2. The van der Waals surface area contributed by atoms with Gasteiger partial charge >= 0.3 is 0 Å². The van der Waals surface area contributed by atoms with Crippen LogP contribution < -0.4 is 5.73 Å². The van der Waals surface area contributed by atoms with Crippen LogP contribution in [0.3, 0.4) is 0 Å². The summed E-state index contributed by atoms with van der Waals surface area (Å²) in [6, 6.07) is 4.44. The average molecular weight is 246 g/mol. The van der Waals surface area contributed by atoms with Crippen LogP contribution in [0.2, 0.25) is 0 Å². The minimum Gasteiger partial charge on any atom is -0.389 e. The summed E-state index contributed by atoms with van der Waals surface area (Å²) in [5.74, 6) is 0.218. The Morgan fingerprint density at radius 2 is 2.06 bits per heavy atom. The highest BCUT2D eigenvalue weighted by Crippen LogP contribution is 2.44. The molecule has 1 unspecified atom stereocenters. The Morgan fingerprint density at radius 1 is 1.28 bits per heavy atom. The minimum atomic E-state index is -0.570. The highest BCUT2D eigenvalue weighted by Gasteiger charge is 2.42. The number of fused-ring (bicyclic) bond motifs is 1. The van der Waals surface area contributed by atoms with Gasteiger partial charge in [0.25, 0.3) is 0 Å². The number of aromatic nitrogens is 1. The van der Waals surface area contributed by atoms with Gasteiger partial charge in [0, 0.05) is 23.9 Å². The predicted octanol–water partition coefficient (Wildman–Crippen LogP) is 2.13. The third-order valence-corrected chi connectivity index (χ3v) is 4.74. The summed E-state index contributed by atoms with van der Waals surface area (Å²) in [7, 11) is 0. The fourth-order valence-electron chi connectivity index (χ4n) is 3.62. The molecular formula is C15H22N2O. The van der Waals surface area contributed by atoms with Crippen LogP contribution in [-0.4, -0.2) is 21.7 Å². The SMILES string of the molecule is NC1CCC(O)(C2CCCc3cccnc32)CC1. The van der Waals surface area contributed by atoms with E-state index in [-0.39, 0.29) is 12.0 Å². The molecule has 0 aliphatic heterocycles. The molecular weight excluding hydrogens is 224 g/mol. The normalized spacial score (nSPS) is 36.1. The van der Waals surface area contributed by atoms with Crippen molar-refractivity contribution < 1.29 is 5.11 Å². The molecule has 1 fully saturated rings. The van der Waals surface area contributed by atoms with Crippen LogP contribution in [0.1, 0.15) is 55.7 Å². The van der Waals surface area contributed by atoms with E-state index in [0.29, 0.717) is 0 Å². The van der Waals surface area contributed by atoms with Crippen molar-refractivity contribution in [3.05, 3.63) is 29.6 Å². The summed E-state index contributed by atoms with van der Waals surface area (Å²) in [6.45, 7) is 0. The Balaban J connectivity index is 1.89. The maximum absolute atomic E-state index is 11.0. The third-order valence-electron chi connectivity index (χ3n) is 4.74. The Labute approximate surface area is 108 Å². The number of nitrogens with two attached hydrogens (primary N) is 1. The Hall–Kier alpha value is -0.930. The molecule has 2 aliphatic rings. The lowest BCUT2D eigenvalue weighted by molar-refractivity contribution is -0.0311. The number of hydrogen-bond donors (Lipinski definition) is 2. The van der Waals surface area contributed by atoms with Gasteiger partial charge in [0.15, 0.2) is 0 Å². The summed E-state index contributed by atoms with van der Waals surface area (Å²) in [5, 5.41) is 11.0. The topological polar surface area (TPSA) is 59.1 Å². The zero-order valence-electron chi connectivity index (χ0n) is 10.8. The van der Waals surface area contributed by atoms with Crippen molar-refractivity contribution in [2.45, 2.75) is 62.5 Å². The second-order valence-corrected chi connectivity index (χ2v) is 5.93. The molecule has 1 atom stereocenters. The molecule has 0 radical (unpaired) electrons. The van der Waals surface area contributed by atoms with E-state index in [0.717, 1.165) is 50.6 Å². The summed E-state index contributed by atoms with van der Waals surface area (Å²) in [4.78, 5) is 4.55. The van der Waals surface area contributed by atoms with Crippen LogP contribution in [0.4, 0.5) is 0 Å². The van der Waals surface area contributed by atoms with E-state index in [4.69, 9.17) is 5.73 Å². The van der Waals surface area contributed by atoms with Gasteiger partial charge in [0.05, 0.1) is 5.60 Å². The zero-order valence-corrected chi connectivity index (χ0v) is 10.8. The molecule has 0 aromatic carbocycles. The van der Waals surface area contributed by atoms with Crippen molar-refractivity contribution >= 4 is 0 Å². The van der Waals surface area contributed by atoms with E-state index >= 15 is 0 Å². The van der Waals surface area contributed by atoms with Crippen LogP contribution in [0, 0.1) is 0 Å². The van der Waals surface area contributed by atoms with Gasteiger partial charge < -0.3 is 10.8 Å². The first-order chi connectivity index (χ1) is 8.69. The van der Waals surface area contributed by atoms with E-state index in [1.54, 1.807) is 0 Å². The van der Waals surface area contributed by atoms with Crippen LogP contribution in [-0.2, 0) is 6.42 Å². The largest absolute Gasteiger partial charge is 0.389 e. The van der Waals surface area contributed by atoms with Gasteiger partial charge in [0.2, 0.25) is 0 Å². The van der Waals surface area contributed by atoms with E-state index in [1.165, 1.54) is 5.56 Å². The molecule has 1 heterocycles. The van der Waals surface area contributed by atoms with Gasteiger partial charge in [-0.3, -0.25) is 4.98 Å². The number of rotatable bonds is 1. The summed E-state index contributed by atoms with van der Waals surface area (Å²) in [5.41, 5.74) is 7.85. The second kappa shape index (κ2) is 4.63. The van der Waals surface area contributed by atoms with E-state index in [9.17, 15) is 5.11 Å². The van der Waals surface area contributed by atoms with Gasteiger partial charge in [-0.2, -0.15) is 0 Å². The van der Waals surface area contributed by atoms with Gasteiger partial charge in [-0.05, 0) is 56.6 Å². The van der Waals surface area contributed by atoms with Gasteiger partial charge in [-0.15, -0.1) is 0 Å². The lowest BCUT2D eigenvalue weighted by Crippen LogP contribution is -2.44. The molecule has 98 valence electrons. The first-order valence-corrected chi connectivity index (χ1v) is 7.11. The van der Waals surface area contributed by atoms with Crippen molar-refractivity contribution in [1.29, 1.82) is 0 Å². The molecule has 0 bridgehead atoms. The molecule has 3 N–H and O–H groups in total. The Bertz CT molecular complexity index is 424. The lowest BCUT2D eigenvalue weighted by Gasteiger charge is -2.42. The van der Waals surface area contributed by atoms with Crippen molar-refractivity contribution in [3.8, 4) is 0 Å². The smallest absolute Gasteiger partial charge is 0.0732 e. The Kier molecular flexibility index (Phi) is 3.12. The highest BCUT2D eigenvalue weighted by molar-refractivity contribution is 5.28. The molecule has 0 spiro atoms. The minimum absolute atomic E-state index is 0.218. The first-order valence-electron chi connectivity index (χ1n) is 7.11. The molecule has 1 aromatic heterocycles. The second-order valence-electron chi connectivity index (χ2n) is 5.93. The van der Waals surface area contributed by atoms with Crippen LogP contribution in [0.15, 0.2) is 18.3 Å².